The van der Waals surface area contributed by atoms with Crippen LogP contribution in [0.3, 0.4) is 0 Å². The smallest absolute Gasteiger partial charge is 0.242 e. The summed E-state index contributed by atoms with van der Waals surface area (Å²) in [5, 5.41) is 2.82. The van der Waals surface area contributed by atoms with Crippen molar-refractivity contribution in [3.63, 3.8) is 0 Å². The van der Waals surface area contributed by atoms with E-state index in [-0.39, 0.29) is 34.5 Å². The fraction of sp³-hybridized carbons (Fsp3) is 0.278. The van der Waals surface area contributed by atoms with Crippen molar-refractivity contribution in [3.05, 3.63) is 58.9 Å². The maximum Gasteiger partial charge on any atom is 0.242 e. The molecule has 0 aliphatic heterocycles. The Hall–Kier alpha value is -2.00. The molecule has 27 heavy (non-hydrogen) atoms. The van der Waals surface area contributed by atoms with Crippen LogP contribution >= 0.6 is 11.6 Å². The standard InChI is InChI=1S/C18H21ClFN3O3S/c1-22(2)27(25,26)14-8-9-15(19)17(10-14)21-18(24)12-23(3)11-13-6-4-5-7-16(13)20/h4-10H,11-12H2,1-3H3,(H,21,24). The number of hydrogen-bond donors (Lipinski definition) is 1. The summed E-state index contributed by atoms with van der Waals surface area (Å²) in [7, 11) is 0.865. The number of nitrogens with one attached hydrogen (secondary N) is 1. The molecule has 0 heterocycles. The summed E-state index contributed by atoms with van der Waals surface area (Å²) in [6.45, 7) is 0.234. The molecule has 0 saturated heterocycles. The van der Waals surface area contributed by atoms with Gasteiger partial charge in [0.1, 0.15) is 5.82 Å². The minimum Gasteiger partial charge on any atom is -0.324 e. The number of carbonyl (C=O) groups is 1. The lowest BCUT2D eigenvalue weighted by atomic mass is 10.2. The number of carbonyl (C=O) groups excluding carboxylic acids is 1. The monoisotopic (exact) mass is 413 g/mol. The number of halogens is 2. The summed E-state index contributed by atoms with van der Waals surface area (Å²) in [5.41, 5.74) is 0.675. The van der Waals surface area contributed by atoms with Gasteiger partial charge in [0.05, 0.1) is 22.2 Å². The molecule has 6 nitrogen and oxygen atoms in total. The normalized spacial score (nSPS) is 11.8. The molecule has 0 fully saturated rings. The summed E-state index contributed by atoms with van der Waals surface area (Å²) in [6, 6.07) is 10.4. The van der Waals surface area contributed by atoms with Crippen molar-refractivity contribution in [2.45, 2.75) is 11.4 Å². The maximum atomic E-state index is 13.7. The van der Waals surface area contributed by atoms with Crippen molar-refractivity contribution in [2.24, 2.45) is 0 Å². The first-order valence-corrected chi connectivity index (χ1v) is 9.87. The highest BCUT2D eigenvalue weighted by Crippen LogP contribution is 2.26. The van der Waals surface area contributed by atoms with Gasteiger partial charge in [-0.05, 0) is 31.3 Å². The second kappa shape index (κ2) is 8.79. The molecule has 9 heteroatoms. The Morgan fingerprint density at radius 2 is 1.81 bits per heavy atom. The van der Waals surface area contributed by atoms with Gasteiger partial charge in [-0.1, -0.05) is 29.8 Å². The van der Waals surface area contributed by atoms with E-state index in [0.717, 1.165) is 4.31 Å². The lowest BCUT2D eigenvalue weighted by molar-refractivity contribution is -0.117. The average molecular weight is 414 g/mol. The molecule has 0 radical (unpaired) electrons. The largest absolute Gasteiger partial charge is 0.324 e. The zero-order valence-corrected chi connectivity index (χ0v) is 16.8. The number of nitrogens with zero attached hydrogens (tertiary/aromatic N) is 2. The van der Waals surface area contributed by atoms with Crippen molar-refractivity contribution >= 4 is 33.2 Å². The number of anilines is 1. The van der Waals surface area contributed by atoms with E-state index in [1.54, 1.807) is 30.1 Å². The minimum atomic E-state index is -3.65. The molecule has 146 valence electrons. The molecule has 2 rings (SSSR count). The fourth-order valence-electron chi connectivity index (χ4n) is 2.38. The molecule has 0 unspecified atom stereocenters. The van der Waals surface area contributed by atoms with Crippen LogP contribution in [-0.2, 0) is 21.4 Å². The Balaban J connectivity index is 2.08. The van der Waals surface area contributed by atoms with Gasteiger partial charge in [-0.15, -0.1) is 0 Å². The molecule has 0 aliphatic rings. The maximum absolute atomic E-state index is 13.7. The molecule has 2 aromatic rings. The highest BCUT2D eigenvalue weighted by atomic mass is 35.5. The Bertz CT molecular complexity index is 935. The van der Waals surface area contributed by atoms with Gasteiger partial charge in [0, 0.05) is 26.2 Å². The van der Waals surface area contributed by atoms with Crippen molar-refractivity contribution in [2.75, 3.05) is 33.0 Å². The third-order valence-corrected chi connectivity index (χ3v) is 5.94. The van der Waals surface area contributed by atoms with Gasteiger partial charge < -0.3 is 5.32 Å². The number of benzene rings is 2. The van der Waals surface area contributed by atoms with Crippen LogP contribution < -0.4 is 5.32 Å². The summed E-state index contributed by atoms with van der Waals surface area (Å²) in [6.07, 6.45) is 0. The third-order valence-electron chi connectivity index (χ3n) is 3.80. The first-order valence-electron chi connectivity index (χ1n) is 8.05. The zero-order valence-electron chi connectivity index (χ0n) is 15.2. The van der Waals surface area contributed by atoms with E-state index in [2.05, 4.69) is 5.32 Å². The van der Waals surface area contributed by atoms with Crippen molar-refractivity contribution in [1.29, 1.82) is 0 Å². The van der Waals surface area contributed by atoms with E-state index < -0.39 is 15.9 Å². The molecular formula is C18H21ClFN3O3S. The van der Waals surface area contributed by atoms with E-state index in [4.69, 9.17) is 11.6 Å². The van der Waals surface area contributed by atoms with Gasteiger partial charge in [-0.2, -0.15) is 0 Å². The molecule has 0 aromatic heterocycles. The van der Waals surface area contributed by atoms with E-state index in [9.17, 15) is 17.6 Å². The lowest BCUT2D eigenvalue weighted by Gasteiger charge is -2.18. The highest BCUT2D eigenvalue weighted by Gasteiger charge is 2.19. The van der Waals surface area contributed by atoms with E-state index in [1.165, 1.54) is 38.4 Å². The second-order valence-corrected chi connectivity index (χ2v) is 8.80. The summed E-state index contributed by atoms with van der Waals surface area (Å²) in [4.78, 5) is 13.9. The van der Waals surface area contributed by atoms with Gasteiger partial charge in [0.25, 0.3) is 0 Å². The summed E-state index contributed by atoms with van der Waals surface area (Å²) in [5.74, 6) is -0.732. The van der Waals surface area contributed by atoms with Crippen molar-refractivity contribution in [3.8, 4) is 0 Å². The third kappa shape index (κ3) is 5.49. The number of amides is 1. The highest BCUT2D eigenvalue weighted by molar-refractivity contribution is 7.89. The first-order chi connectivity index (χ1) is 12.6. The molecule has 2 aromatic carbocycles. The molecule has 1 amide bonds. The number of likely N-dealkylation sites (N-methyl/N-ethyl adjacent to an activating group) is 1. The molecular weight excluding hydrogens is 393 g/mol. The molecule has 0 aliphatic carbocycles. The minimum absolute atomic E-state index is 0.0185. The molecule has 0 atom stereocenters. The molecule has 0 bridgehead atoms. The SMILES string of the molecule is CN(CC(=O)Nc1cc(S(=O)(=O)N(C)C)ccc1Cl)Cc1ccccc1F. The van der Waals surface area contributed by atoms with Crippen LogP contribution in [-0.4, -0.2) is 51.2 Å². The molecule has 0 spiro atoms. The Morgan fingerprint density at radius 1 is 1.15 bits per heavy atom. The summed E-state index contributed by atoms with van der Waals surface area (Å²) < 4.78 is 39.2. The van der Waals surface area contributed by atoms with Crippen LogP contribution in [0.15, 0.2) is 47.4 Å². The average Bonchev–Trinajstić information content (AvgIpc) is 2.58. The number of rotatable bonds is 7. The zero-order chi connectivity index (χ0) is 20.2. The Kier molecular flexibility index (Phi) is 6.94. The van der Waals surface area contributed by atoms with Crippen LogP contribution in [0.25, 0.3) is 0 Å². The van der Waals surface area contributed by atoms with Crippen LogP contribution in [0.1, 0.15) is 5.56 Å². The van der Waals surface area contributed by atoms with Gasteiger partial charge in [0.2, 0.25) is 15.9 Å². The molecule has 1 N–H and O–H groups in total. The van der Waals surface area contributed by atoms with E-state index in [1.807, 2.05) is 0 Å². The first kappa shape index (κ1) is 21.3. The van der Waals surface area contributed by atoms with Gasteiger partial charge in [-0.3, -0.25) is 9.69 Å². The van der Waals surface area contributed by atoms with Crippen LogP contribution in [0.5, 0.6) is 0 Å². The van der Waals surface area contributed by atoms with Gasteiger partial charge in [0.15, 0.2) is 0 Å². The van der Waals surface area contributed by atoms with E-state index in [0.29, 0.717) is 5.56 Å². The molecule has 0 saturated carbocycles. The van der Waals surface area contributed by atoms with Crippen LogP contribution in [0, 0.1) is 5.82 Å². The quantitative estimate of drug-likeness (QED) is 0.757. The topological polar surface area (TPSA) is 69.7 Å². The predicted molar refractivity (Wildman–Crippen MR) is 104 cm³/mol. The number of hydrogen-bond acceptors (Lipinski definition) is 4. The predicted octanol–water partition coefficient (Wildman–Crippen LogP) is 2.80. The van der Waals surface area contributed by atoms with Crippen molar-refractivity contribution in [1.82, 2.24) is 9.21 Å². The Labute approximate surface area is 163 Å². The number of sulfonamides is 1. The van der Waals surface area contributed by atoms with Crippen LogP contribution in [0.4, 0.5) is 10.1 Å². The van der Waals surface area contributed by atoms with Crippen LogP contribution in [0.2, 0.25) is 5.02 Å². The van der Waals surface area contributed by atoms with E-state index >= 15 is 0 Å². The summed E-state index contributed by atoms with van der Waals surface area (Å²) >= 11 is 6.07. The fourth-order valence-corrected chi connectivity index (χ4v) is 3.47. The van der Waals surface area contributed by atoms with Gasteiger partial charge in [-0.25, -0.2) is 17.1 Å². The van der Waals surface area contributed by atoms with Gasteiger partial charge >= 0.3 is 0 Å². The second-order valence-electron chi connectivity index (χ2n) is 6.24. The van der Waals surface area contributed by atoms with Crippen molar-refractivity contribution < 1.29 is 17.6 Å². The Morgan fingerprint density at radius 3 is 2.44 bits per heavy atom. The lowest BCUT2D eigenvalue weighted by Crippen LogP contribution is -2.30.